The second-order valence-electron chi connectivity index (χ2n) is 3.89. The van der Waals surface area contributed by atoms with Crippen molar-refractivity contribution in [2.45, 2.75) is 25.7 Å². The van der Waals surface area contributed by atoms with Crippen molar-refractivity contribution in [3.05, 3.63) is 0 Å². The monoisotopic (exact) mass is 183 g/mol. The van der Waals surface area contributed by atoms with Crippen molar-refractivity contribution in [2.24, 2.45) is 10.4 Å². The summed E-state index contributed by atoms with van der Waals surface area (Å²) >= 11 is 0. The highest BCUT2D eigenvalue weighted by Crippen LogP contribution is 2.39. The Balaban J connectivity index is 2.17. The predicted molar refractivity (Wildman–Crippen MR) is 51.0 cm³/mol. The lowest BCUT2D eigenvalue weighted by atomic mass is 9.75. The van der Waals surface area contributed by atoms with Crippen molar-refractivity contribution in [2.75, 3.05) is 26.9 Å². The topological polar surface area (TPSA) is 30.8 Å². The molecule has 2 rings (SSSR count). The molecule has 0 amide bonds. The van der Waals surface area contributed by atoms with Crippen molar-refractivity contribution in [1.82, 2.24) is 0 Å². The zero-order chi connectivity index (χ0) is 9.15. The van der Waals surface area contributed by atoms with Crippen LogP contribution in [0.15, 0.2) is 4.99 Å². The summed E-state index contributed by atoms with van der Waals surface area (Å²) in [7, 11) is 1.74. The summed E-state index contributed by atoms with van der Waals surface area (Å²) in [6.07, 6.45) is 4.59. The maximum Gasteiger partial charge on any atom is 0.189 e. The third-order valence-electron chi connectivity index (χ3n) is 3.17. The Labute approximate surface area is 79.1 Å². The first-order valence-corrected chi connectivity index (χ1v) is 5.04. The molecule has 2 aliphatic rings. The summed E-state index contributed by atoms with van der Waals surface area (Å²) in [5, 5.41) is 0. The van der Waals surface area contributed by atoms with E-state index in [9.17, 15) is 0 Å². The van der Waals surface area contributed by atoms with E-state index >= 15 is 0 Å². The molecular formula is C10H17NO2. The van der Waals surface area contributed by atoms with Crippen molar-refractivity contribution >= 4 is 5.90 Å². The number of methoxy groups -OCH3 is 1. The summed E-state index contributed by atoms with van der Waals surface area (Å²) in [6, 6.07) is 0. The average Bonchev–Trinajstić information content (AvgIpc) is 2.20. The third-order valence-corrected chi connectivity index (χ3v) is 3.17. The van der Waals surface area contributed by atoms with E-state index in [0.717, 1.165) is 38.5 Å². The highest BCUT2D eigenvalue weighted by atomic mass is 16.5. The van der Waals surface area contributed by atoms with Crippen LogP contribution in [-0.4, -0.2) is 32.8 Å². The number of aliphatic imine (C=N–C) groups is 1. The summed E-state index contributed by atoms with van der Waals surface area (Å²) in [4.78, 5) is 4.46. The molecule has 0 aliphatic carbocycles. The van der Waals surface area contributed by atoms with Crippen molar-refractivity contribution in [1.29, 1.82) is 0 Å². The Morgan fingerprint density at radius 1 is 1.31 bits per heavy atom. The van der Waals surface area contributed by atoms with E-state index in [2.05, 4.69) is 4.99 Å². The van der Waals surface area contributed by atoms with Crippen LogP contribution < -0.4 is 0 Å². The summed E-state index contributed by atoms with van der Waals surface area (Å²) < 4.78 is 10.8. The quantitative estimate of drug-likeness (QED) is 0.571. The maximum absolute atomic E-state index is 5.38. The standard InChI is InChI=1S/C10H17NO2/c1-12-9-10(3-2-6-11-9)4-7-13-8-5-10/h2-8H2,1H3. The molecule has 13 heavy (non-hydrogen) atoms. The molecule has 0 saturated carbocycles. The van der Waals surface area contributed by atoms with Gasteiger partial charge in [-0.15, -0.1) is 0 Å². The fourth-order valence-corrected chi connectivity index (χ4v) is 2.38. The van der Waals surface area contributed by atoms with Gasteiger partial charge in [-0.2, -0.15) is 0 Å². The molecule has 1 saturated heterocycles. The highest BCUT2D eigenvalue weighted by molar-refractivity contribution is 5.83. The first kappa shape index (κ1) is 9.00. The molecule has 74 valence electrons. The number of nitrogens with zero attached hydrogens (tertiary/aromatic N) is 1. The number of rotatable bonds is 0. The second kappa shape index (κ2) is 3.66. The molecule has 0 aromatic rings. The molecule has 3 nitrogen and oxygen atoms in total. The first-order valence-electron chi connectivity index (χ1n) is 5.04. The van der Waals surface area contributed by atoms with Crippen LogP contribution in [-0.2, 0) is 9.47 Å². The van der Waals surface area contributed by atoms with E-state index in [-0.39, 0.29) is 5.41 Å². The highest BCUT2D eigenvalue weighted by Gasteiger charge is 2.40. The van der Waals surface area contributed by atoms with E-state index in [1.54, 1.807) is 7.11 Å². The van der Waals surface area contributed by atoms with Crippen LogP contribution in [0.4, 0.5) is 0 Å². The van der Waals surface area contributed by atoms with Crippen molar-refractivity contribution < 1.29 is 9.47 Å². The summed E-state index contributed by atoms with van der Waals surface area (Å²) in [5.41, 5.74) is 0.227. The van der Waals surface area contributed by atoms with Crippen LogP contribution in [0, 0.1) is 5.41 Å². The van der Waals surface area contributed by atoms with Gasteiger partial charge >= 0.3 is 0 Å². The lowest BCUT2D eigenvalue weighted by molar-refractivity contribution is 0.0299. The second-order valence-corrected chi connectivity index (χ2v) is 3.89. The Kier molecular flexibility index (Phi) is 2.54. The smallest absolute Gasteiger partial charge is 0.189 e. The Bertz CT molecular complexity index is 207. The molecule has 0 bridgehead atoms. The molecule has 2 aliphatic heterocycles. The fourth-order valence-electron chi connectivity index (χ4n) is 2.38. The van der Waals surface area contributed by atoms with E-state index in [0.29, 0.717) is 0 Å². The van der Waals surface area contributed by atoms with Gasteiger partial charge in [0.15, 0.2) is 5.90 Å². The lowest BCUT2D eigenvalue weighted by Gasteiger charge is -2.39. The van der Waals surface area contributed by atoms with Crippen LogP contribution in [0.1, 0.15) is 25.7 Å². The van der Waals surface area contributed by atoms with Crippen LogP contribution in [0.2, 0.25) is 0 Å². The van der Waals surface area contributed by atoms with Gasteiger partial charge in [-0.25, -0.2) is 0 Å². The lowest BCUT2D eigenvalue weighted by Crippen LogP contribution is -2.40. The zero-order valence-electron chi connectivity index (χ0n) is 8.21. The van der Waals surface area contributed by atoms with Crippen LogP contribution >= 0.6 is 0 Å². The van der Waals surface area contributed by atoms with Gasteiger partial charge in [-0.1, -0.05) is 0 Å². The molecular weight excluding hydrogens is 166 g/mol. The SMILES string of the molecule is COC1=NCCCC12CCOCC2. The molecule has 0 unspecified atom stereocenters. The van der Waals surface area contributed by atoms with Crippen LogP contribution in [0.5, 0.6) is 0 Å². The number of hydrogen-bond donors (Lipinski definition) is 0. The van der Waals surface area contributed by atoms with Crippen LogP contribution in [0.3, 0.4) is 0 Å². The minimum absolute atomic E-state index is 0.227. The zero-order valence-corrected chi connectivity index (χ0v) is 8.21. The molecule has 1 spiro atoms. The largest absolute Gasteiger partial charge is 0.484 e. The fraction of sp³-hybridized carbons (Fsp3) is 0.900. The van der Waals surface area contributed by atoms with E-state index in [4.69, 9.17) is 9.47 Å². The minimum Gasteiger partial charge on any atom is -0.484 e. The molecule has 0 aromatic carbocycles. The predicted octanol–water partition coefficient (Wildman–Crippen LogP) is 1.62. The van der Waals surface area contributed by atoms with Crippen LogP contribution in [0.25, 0.3) is 0 Å². The van der Waals surface area contributed by atoms with Gasteiger partial charge in [0.25, 0.3) is 0 Å². The third kappa shape index (κ3) is 1.57. The average molecular weight is 183 g/mol. The maximum atomic E-state index is 5.38. The Morgan fingerprint density at radius 3 is 2.77 bits per heavy atom. The molecule has 2 heterocycles. The van der Waals surface area contributed by atoms with Gasteiger partial charge in [0.2, 0.25) is 0 Å². The van der Waals surface area contributed by atoms with Crippen molar-refractivity contribution in [3.8, 4) is 0 Å². The van der Waals surface area contributed by atoms with Gasteiger partial charge < -0.3 is 9.47 Å². The Morgan fingerprint density at radius 2 is 2.08 bits per heavy atom. The van der Waals surface area contributed by atoms with Gasteiger partial charge in [-0.3, -0.25) is 4.99 Å². The van der Waals surface area contributed by atoms with Gasteiger partial charge in [0.05, 0.1) is 12.5 Å². The summed E-state index contributed by atoms with van der Waals surface area (Å²) in [5.74, 6) is 0.974. The molecule has 0 N–H and O–H groups in total. The first-order chi connectivity index (χ1) is 6.37. The molecule has 0 radical (unpaired) electrons. The van der Waals surface area contributed by atoms with E-state index < -0.39 is 0 Å². The summed E-state index contributed by atoms with van der Waals surface area (Å²) in [6.45, 7) is 2.66. The van der Waals surface area contributed by atoms with E-state index in [1.165, 1.54) is 12.8 Å². The van der Waals surface area contributed by atoms with E-state index in [1.807, 2.05) is 0 Å². The number of hydrogen-bond acceptors (Lipinski definition) is 3. The minimum atomic E-state index is 0.227. The molecule has 0 atom stereocenters. The van der Waals surface area contributed by atoms with Crippen molar-refractivity contribution in [3.63, 3.8) is 0 Å². The molecule has 3 heteroatoms. The molecule has 1 fully saturated rings. The molecule has 0 aromatic heterocycles. The van der Waals surface area contributed by atoms with Gasteiger partial charge in [0.1, 0.15) is 0 Å². The Hall–Kier alpha value is -0.570. The normalized spacial score (nSPS) is 27.0. The van der Waals surface area contributed by atoms with Gasteiger partial charge in [-0.05, 0) is 25.7 Å². The number of ether oxygens (including phenoxy) is 2. The van der Waals surface area contributed by atoms with Gasteiger partial charge in [0, 0.05) is 19.8 Å².